The lowest BCUT2D eigenvalue weighted by atomic mass is 10.1. The highest BCUT2D eigenvalue weighted by Gasteiger charge is 2.19. The summed E-state index contributed by atoms with van der Waals surface area (Å²) in [6.45, 7) is 2.40. The zero-order chi connectivity index (χ0) is 21.4. The van der Waals surface area contributed by atoms with E-state index >= 15 is 0 Å². The zero-order valence-electron chi connectivity index (χ0n) is 16.6. The molecule has 0 atom stereocenters. The van der Waals surface area contributed by atoms with Crippen molar-refractivity contribution >= 4 is 18.0 Å². The smallest absolute Gasteiger partial charge is 0.352 e. The fourth-order valence-electron chi connectivity index (χ4n) is 2.55. The molecule has 2 rings (SSSR count). The Kier molecular flexibility index (Phi) is 7.47. The van der Waals surface area contributed by atoms with Gasteiger partial charge < -0.3 is 29.4 Å². The van der Waals surface area contributed by atoms with E-state index in [0.717, 1.165) is 0 Å². The van der Waals surface area contributed by atoms with Crippen LogP contribution in [-0.4, -0.2) is 44.9 Å². The molecule has 0 saturated carbocycles. The van der Waals surface area contributed by atoms with Gasteiger partial charge in [0.05, 0.1) is 27.9 Å². The quantitative estimate of drug-likeness (QED) is 0.623. The maximum atomic E-state index is 12.6. The first kappa shape index (κ1) is 21.6. The molecule has 8 nitrogen and oxygen atoms in total. The van der Waals surface area contributed by atoms with Crippen LogP contribution in [0, 0.1) is 0 Å². The van der Waals surface area contributed by atoms with Gasteiger partial charge in [-0.25, -0.2) is 4.79 Å². The summed E-state index contributed by atoms with van der Waals surface area (Å²) in [6, 6.07) is 9.70. The Hall–Kier alpha value is -3.68. The van der Waals surface area contributed by atoms with Crippen molar-refractivity contribution in [2.24, 2.45) is 0 Å². The van der Waals surface area contributed by atoms with Gasteiger partial charge in [-0.2, -0.15) is 0 Å². The third-order valence-electron chi connectivity index (χ3n) is 3.91. The number of methoxy groups -OCH3 is 3. The van der Waals surface area contributed by atoms with E-state index in [1.54, 1.807) is 24.3 Å². The maximum absolute atomic E-state index is 12.6. The zero-order valence-corrected chi connectivity index (χ0v) is 16.6. The Morgan fingerprint density at radius 3 is 2.03 bits per heavy atom. The molecule has 29 heavy (non-hydrogen) atoms. The SMILES string of the molecule is CCOc1ccc(C=C(NC(=O)c2cc(OC)c(OC)c(OC)c2)C(=O)O)cc1. The van der Waals surface area contributed by atoms with Crippen LogP contribution in [0.15, 0.2) is 42.1 Å². The number of carboxylic acids is 1. The van der Waals surface area contributed by atoms with Gasteiger partial charge in [-0.3, -0.25) is 4.79 Å². The third kappa shape index (κ3) is 5.41. The van der Waals surface area contributed by atoms with Gasteiger partial charge in [0.15, 0.2) is 11.5 Å². The number of carbonyl (C=O) groups excluding carboxylic acids is 1. The number of carbonyl (C=O) groups is 2. The Balaban J connectivity index is 2.31. The molecule has 2 N–H and O–H groups in total. The minimum Gasteiger partial charge on any atom is -0.494 e. The summed E-state index contributed by atoms with van der Waals surface area (Å²) in [5.41, 5.74) is 0.460. The van der Waals surface area contributed by atoms with Gasteiger partial charge in [0, 0.05) is 5.56 Å². The first-order valence-electron chi connectivity index (χ1n) is 8.72. The molecule has 0 aromatic heterocycles. The molecule has 0 radical (unpaired) electrons. The summed E-state index contributed by atoms with van der Waals surface area (Å²) in [5, 5.41) is 11.9. The largest absolute Gasteiger partial charge is 0.494 e. The number of hydrogen-bond acceptors (Lipinski definition) is 6. The van der Waals surface area contributed by atoms with Crippen molar-refractivity contribution in [3.05, 3.63) is 53.2 Å². The molecule has 2 aromatic carbocycles. The van der Waals surface area contributed by atoms with E-state index in [4.69, 9.17) is 18.9 Å². The number of ether oxygens (including phenoxy) is 4. The highest BCUT2D eigenvalue weighted by Crippen LogP contribution is 2.38. The van der Waals surface area contributed by atoms with E-state index in [1.165, 1.54) is 39.5 Å². The Morgan fingerprint density at radius 2 is 1.59 bits per heavy atom. The summed E-state index contributed by atoms with van der Waals surface area (Å²) < 4.78 is 21.0. The molecule has 0 aliphatic carbocycles. The second-order valence-corrected chi connectivity index (χ2v) is 5.73. The lowest BCUT2D eigenvalue weighted by Crippen LogP contribution is -2.27. The van der Waals surface area contributed by atoms with Crippen LogP contribution >= 0.6 is 0 Å². The molecular formula is C21H23NO7. The van der Waals surface area contributed by atoms with Crippen LogP contribution < -0.4 is 24.3 Å². The first-order valence-corrected chi connectivity index (χ1v) is 8.72. The molecule has 0 aliphatic heterocycles. The van der Waals surface area contributed by atoms with E-state index in [2.05, 4.69) is 5.32 Å². The van der Waals surface area contributed by atoms with E-state index < -0.39 is 11.9 Å². The maximum Gasteiger partial charge on any atom is 0.352 e. The summed E-state index contributed by atoms with van der Waals surface area (Å²) in [7, 11) is 4.29. The van der Waals surface area contributed by atoms with Crippen LogP contribution in [0.25, 0.3) is 6.08 Å². The normalized spacial score (nSPS) is 10.8. The molecule has 0 unspecified atom stereocenters. The van der Waals surface area contributed by atoms with Gasteiger partial charge in [-0.05, 0) is 42.8 Å². The molecule has 0 saturated heterocycles. The molecule has 0 fully saturated rings. The number of aliphatic carboxylic acids is 1. The number of nitrogens with one attached hydrogen (secondary N) is 1. The van der Waals surface area contributed by atoms with Crippen LogP contribution in [-0.2, 0) is 4.79 Å². The average molecular weight is 401 g/mol. The van der Waals surface area contributed by atoms with Crippen LogP contribution in [0.4, 0.5) is 0 Å². The van der Waals surface area contributed by atoms with E-state index in [9.17, 15) is 14.7 Å². The average Bonchev–Trinajstić information content (AvgIpc) is 2.73. The van der Waals surface area contributed by atoms with Crippen LogP contribution in [0.5, 0.6) is 23.0 Å². The minimum atomic E-state index is -1.28. The summed E-state index contributed by atoms with van der Waals surface area (Å²) >= 11 is 0. The van der Waals surface area contributed by atoms with Crippen molar-refractivity contribution in [3.8, 4) is 23.0 Å². The molecule has 154 valence electrons. The molecule has 0 spiro atoms. The second-order valence-electron chi connectivity index (χ2n) is 5.73. The molecule has 1 amide bonds. The number of benzene rings is 2. The highest BCUT2D eigenvalue weighted by molar-refractivity contribution is 6.03. The molecule has 0 heterocycles. The number of hydrogen-bond donors (Lipinski definition) is 2. The summed E-state index contributed by atoms with van der Waals surface area (Å²) in [4.78, 5) is 24.2. The van der Waals surface area contributed by atoms with Crippen molar-refractivity contribution in [2.45, 2.75) is 6.92 Å². The first-order chi connectivity index (χ1) is 13.9. The lowest BCUT2D eigenvalue weighted by molar-refractivity contribution is -0.132. The van der Waals surface area contributed by atoms with Crippen LogP contribution in [0.3, 0.4) is 0 Å². The number of carboxylic acid groups (broad SMARTS) is 1. The fraction of sp³-hybridized carbons (Fsp3) is 0.238. The van der Waals surface area contributed by atoms with Gasteiger partial charge in [-0.1, -0.05) is 12.1 Å². The van der Waals surface area contributed by atoms with Crippen molar-refractivity contribution in [3.63, 3.8) is 0 Å². The summed E-state index contributed by atoms with van der Waals surface area (Å²) in [6.07, 6.45) is 1.36. The minimum absolute atomic E-state index is 0.151. The van der Waals surface area contributed by atoms with E-state index in [1.807, 2.05) is 6.92 Å². The number of rotatable bonds is 9. The van der Waals surface area contributed by atoms with Crippen molar-refractivity contribution in [1.29, 1.82) is 0 Å². The lowest BCUT2D eigenvalue weighted by Gasteiger charge is -2.14. The van der Waals surface area contributed by atoms with Crippen molar-refractivity contribution < 1.29 is 33.6 Å². The molecular weight excluding hydrogens is 378 g/mol. The van der Waals surface area contributed by atoms with Gasteiger partial charge >= 0.3 is 5.97 Å². The van der Waals surface area contributed by atoms with Gasteiger partial charge in [-0.15, -0.1) is 0 Å². The third-order valence-corrected chi connectivity index (χ3v) is 3.91. The number of amides is 1. The standard InChI is InChI=1S/C21H23NO7/c1-5-29-15-8-6-13(7-9-15)10-16(21(24)25)22-20(23)14-11-17(26-2)19(28-4)18(12-14)27-3/h6-12H,5H2,1-4H3,(H,22,23)(H,24,25). The Morgan fingerprint density at radius 1 is 1.00 bits per heavy atom. The van der Waals surface area contributed by atoms with Gasteiger partial charge in [0.2, 0.25) is 5.75 Å². The van der Waals surface area contributed by atoms with Crippen molar-refractivity contribution in [2.75, 3.05) is 27.9 Å². The van der Waals surface area contributed by atoms with Crippen LogP contribution in [0.1, 0.15) is 22.8 Å². The molecule has 0 aliphatic rings. The highest BCUT2D eigenvalue weighted by atomic mass is 16.5. The summed E-state index contributed by atoms with van der Waals surface area (Å²) in [5.74, 6) is -0.352. The molecule has 0 bridgehead atoms. The predicted molar refractivity (Wildman–Crippen MR) is 107 cm³/mol. The topological polar surface area (TPSA) is 103 Å². The Labute approximate surface area is 168 Å². The predicted octanol–water partition coefficient (Wildman–Crippen LogP) is 2.97. The van der Waals surface area contributed by atoms with E-state index in [0.29, 0.717) is 23.7 Å². The monoisotopic (exact) mass is 401 g/mol. The Bertz CT molecular complexity index is 879. The van der Waals surface area contributed by atoms with Gasteiger partial charge in [0.25, 0.3) is 5.91 Å². The van der Waals surface area contributed by atoms with Crippen LogP contribution in [0.2, 0.25) is 0 Å². The van der Waals surface area contributed by atoms with E-state index in [-0.39, 0.29) is 22.8 Å². The fourth-order valence-corrected chi connectivity index (χ4v) is 2.55. The second kappa shape index (κ2) is 10.0. The van der Waals surface area contributed by atoms with Crippen molar-refractivity contribution in [1.82, 2.24) is 5.32 Å². The molecule has 8 heteroatoms. The molecule has 2 aromatic rings. The van der Waals surface area contributed by atoms with Gasteiger partial charge in [0.1, 0.15) is 11.4 Å².